The zero-order valence-electron chi connectivity index (χ0n) is 25.9. The monoisotopic (exact) mass is 633 g/mol. The van der Waals surface area contributed by atoms with Gasteiger partial charge in [-0.3, -0.25) is 0 Å². The van der Waals surface area contributed by atoms with Crippen molar-refractivity contribution in [2.75, 3.05) is 0 Å². The average Bonchev–Trinajstić information content (AvgIpc) is 3.72. The summed E-state index contributed by atoms with van der Waals surface area (Å²) in [4.78, 5) is 15.7. The summed E-state index contributed by atoms with van der Waals surface area (Å²) in [6, 6.07) is 44.6. The Morgan fingerprint density at radius 3 is 2.04 bits per heavy atom. The maximum atomic E-state index is 6.61. The zero-order valence-corrected chi connectivity index (χ0v) is 26.7. The van der Waals surface area contributed by atoms with E-state index >= 15 is 0 Å². The number of aromatic nitrogens is 3. The molecule has 226 valence electrons. The van der Waals surface area contributed by atoms with Crippen molar-refractivity contribution in [3.8, 4) is 22.8 Å². The maximum Gasteiger partial charge on any atom is 0.168 e. The number of hydrogen-bond acceptors (Lipinski definition) is 5. The van der Waals surface area contributed by atoms with Crippen molar-refractivity contribution in [2.45, 2.75) is 12.8 Å². The van der Waals surface area contributed by atoms with Crippen molar-refractivity contribution in [3.63, 3.8) is 0 Å². The highest BCUT2D eigenvalue weighted by Gasteiger charge is 2.22. The second-order valence-corrected chi connectivity index (χ2v) is 13.4. The number of nitrogens with zero attached hydrogens (tertiary/aromatic N) is 3. The number of para-hydroxylation sites is 1. The molecule has 48 heavy (non-hydrogen) atoms. The van der Waals surface area contributed by atoms with Gasteiger partial charge in [-0.2, -0.15) is 0 Å². The van der Waals surface area contributed by atoms with Gasteiger partial charge in [0.05, 0.1) is 5.56 Å². The number of rotatable bonds is 4. The van der Waals surface area contributed by atoms with Gasteiger partial charge in [0.15, 0.2) is 17.5 Å². The summed E-state index contributed by atoms with van der Waals surface area (Å²) in [6.45, 7) is 0. The molecular formula is C43H27N3OS. The van der Waals surface area contributed by atoms with Gasteiger partial charge in [-0.1, -0.05) is 115 Å². The van der Waals surface area contributed by atoms with Crippen LogP contribution in [0, 0.1) is 0 Å². The van der Waals surface area contributed by atoms with E-state index in [0.29, 0.717) is 17.5 Å². The molecule has 0 fully saturated rings. The molecule has 9 aromatic rings. The molecule has 0 unspecified atom stereocenters. The molecule has 0 radical (unpaired) electrons. The molecule has 1 aliphatic rings. The fourth-order valence-corrected chi connectivity index (χ4v) is 8.23. The quantitative estimate of drug-likeness (QED) is 0.193. The van der Waals surface area contributed by atoms with Crippen molar-refractivity contribution < 1.29 is 4.42 Å². The van der Waals surface area contributed by atoms with E-state index in [1.807, 2.05) is 12.1 Å². The van der Waals surface area contributed by atoms with Crippen molar-refractivity contribution >= 4 is 75.4 Å². The first-order valence-corrected chi connectivity index (χ1v) is 17.1. The van der Waals surface area contributed by atoms with Gasteiger partial charge in [-0.15, -0.1) is 11.3 Å². The van der Waals surface area contributed by atoms with Crippen LogP contribution in [0.4, 0.5) is 0 Å². The predicted molar refractivity (Wildman–Crippen MR) is 200 cm³/mol. The highest BCUT2D eigenvalue weighted by Crippen LogP contribution is 2.42. The highest BCUT2D eigenvalue weighted by atomic mass is 32.1. The van der Waals surface area contributed by atoms with Crippen LogP contribution in [-0.4, -0.2) is 15.0 Å². The minimum absolute atomic E-state index is 0.617. The van der Waals surface area contributed by atoms with Crippen LogP contribution in [-0.2, 0) is 0 Å². The normalized spacial score (nSPS) is 13.5. The third-order valence-electron chi connectivity index (χ3n) is 9.47. The van der Waals surface area contributed by atoms with E-state index in [1.165, 1.54) is 31.3 Å². The van der Waals surface area contributed by atoms with Crippen LogP contribution in [0.5, 0.6) is 0 Å². The summed E-state index contributed by atoms with van der Waals surface area (Å²) in [5.74, 6) is 1.98. The number of furan rings is 1. The Morgan fingerprint density at radius 2 is 1.17 bits per heavy atom. The largest absolute Gasteiger partial charge is 0.455 e. The van der Waals surface area contributed by atoms with Crippen LogP contribution in [0.2, 0.25) is 0 Å². The van der Waals surface area contributed by atoms with Crippen molar-refractivity contribution in [1.82, 2.24) is 15.0 Å². The van der Waals surface area contributed by atoms with Crippen LogP contribution >= 0.6 is 11.3 Å². The number of hydrogen-bond donors (Lipinski definition) is 0. The minimum atomic E-state index is 0.617. The molecule has 0 aliphatic heterocycles. The Kier molecular flexibility index (Phi) is 6.14. The number of benzene rings is 6. The highest BCUT2D eigenvalue weighted by molar-refractivity contribution is 7.25. The third kappa shape index (κ3) is 4.39. The van der Waals surface area contributed by atoms with Crippen LogP contribution in [0.1, 0.15) is 24.2 Å². The molecule has 0 N–H and O–H groups in total. The van der Waals surface area contributed by atoms with E-state index in [9.17, 15) is 0 Å². The summed E-state index contributed by atoms with van der Waals surface area (Å²) in [5, 5.41) is 6.84. The second-order valence-electron chi connectivity index (χ2n) is 12.3. The first kappa shape index (κ1) is 27.2. The lowest BCUT2D eigenvalue weighted by Gasteiger charge is -2.16. The molecule has 5 heteroatoms. The van der Waals surface area contributed by atoms with E-state index < -0.39 is 0 Å². The summed E-state index contributed by atoms with van der Waals surface area (Å²) >= 11 is 1.80. The Hall–Kier alpha value is -5.91. The van der Waals surface area contributed by atoms with E-state index in [2.05, 4.69) is 127 Å². The fraction of sp³-hybridized carbons (Fsp3) is 0.0465. The summed E-state index contributed by atoms with van der Waals surface area (Å²) in [5.41, 5.74) is 7.18. The Bertz CT molecular complexity index is 2790. The lowest BCUT2D eigenvalue weighted by molar-refractivity contribution is 0.670. The summed E-state index contributed by atoms with van der Waals surface area (Å²) in [7, 11) is 0. The SMILES string of the molecule is C1=C(c2ccccc2)CCC(c2nc(-c3ccc4c(c3)sc3ccccc34)nc(-c3c4ccccc4cc4c3oc3ccccc34)n2)=C1. The number of fused-ring (bicyclic) bond motifs is 7. The smallest absolute Gasteiger partial charge is 0.168 e. The van der Waals surface area contributed by atoms with E-state index in [4.69, 9.17) is 19.4 Å². The first-order chi connectivity index (χ1) is 23.8. The number of thiophene rings is 1. The summed E-state index contributed by atoms with van der Waals surface area (Å²) in [6.07, 6.45) is 6.16. The molecule has 6 aromatic carbocycles. The molecule has 0 spiro atoms. The van der Waals surface area contributed by atoms with E-state index in [-0.39, 0.29) is 0 Å². The maximum absolute atomic E-state index is 6.61. The van der Waals surface area contributed by atoms with Gasteiger partial charge in [-0.25, -0.2) is 15.0 Å². The van der Waals surface area contributed by atoms with Crippen LogP contribution in [0.15, 0.2) is 144 Å². The van der Waals surface area contributed by atoms with Crippen molar-refractivity contribution in [1.29, 1.82) is 0 Å². The molecule has 3 aromatic heterocycles. The molecule has 0 saturated carbocycles. The molecule has 0 saturated heterocycles. The van der Waals surface area contributed by atoms with Crippen LogP contribution in [0.25, 0.3) is 86.8 Å². The van der Waals surface area contributed by atoms with Gasteiger partial charge < -0.3 is 4.42 Å². The molecule has 0 bridgehead atoms. The zero-order chi connectivity index (χ0) is 31.6. The third-order valence-corrected chi connectivity index (χ3v) is 10.6. The van der Waals surface area contributed by atoms with E-state index in [1.54, 1.807) is 11.3 Å². The summed E-state index contributed by atoms with van der Waals surface area (Å²) < 4.78 is 9.10. The van der Waals surface area contributed by atoms with Gasteiger partial charge in [-0.05, 0) is 64.6 Å². The van der Waals surface area contributed by atoms with Crippen molar-refractivity contribution in [2.24, 2.45) is 0 Å². The van der Waals surface area contributed by atoms with Gasteiger partial charge in [0.2, 0.25) is 0 Å². The fourth-order valence-electron chi connectivity index (χ4n) is 7.09. The molecule has 10 rings (SSSR count). The minimum Gasteiger partial charge on any atom is -0.455 e. The number of allylic oxidation sites excluding steroid dienone is 4. The molecule has 4 nitrogen and oxygen atoms in total. The molecule has 0 amide bonds. The van der Waals surface area contributed by atoms with Gasteiger partial charge >= 0.3 is 0 Å². The van der Waals surface area contributed by atoms with Crippen LogP contribution < -0.4 is 0 Å². The van der Waals surface area contributed by atoms with Gasteiger partial charge in [0.1, 0.15) is 11.2 Å². The topological polar surface area (TPSA) is 51.8 Å². The Labute approximate surface area is 280 Å². The van der Waals surface area contributed by atoms with Crippen LogP contribution in [0.3, 0.4) is 0 Å². The van der Waals surface area contributed by atoms with E-state index in [0.717, 1.165) is 62.3 Å². The standard InChI is InChI=1S/C43H27N3OS/c1-2-10-26(11-3-1)27-18-20-28(21-19-27)41-44-42(30-22-23-34-33-15-7-9-17-37(33)48-38(34)25-30)46-43(45-41)39-31-13-5-4-12-29(31)24-35-32-14-6-8-16-36(32)47-40(35)39/h1-18,20,22-25H,19,21H2. The van der Waals surface area contributed by atoms with Gasteiger partial charge in [0.25, 0.3) is 0 Å². The van der Waals surface area contributed by atoms with Crippen molar-refractivity contribution in [3.05, 3.63) is 151 Å². The molecule has 1 aliphatic carbocycles. The second kappa shape index (κ2) is 10.8. The molecule has 0 atom stereocenters. The Balaban J connectivity index is 1.22. The average molecular weight is 634 g/mol. The lowest BCUT2D eigenvalue weighted by Crippen LogP contribution is -2.05. The molecule has 3 heterocycles. The lowest BCUT2D eigenvalue weighted by atomic mass is 9.93. The molecular weight excluding hydrogens is 607 g/mol. The first-order valence-electron chi connectivity index (χ1n) is 16.2. The predicted octanol–water partition coefficient (Wildman–Crippen LogP) is 11.9. The Morgan fingerprint density at radius 1 is 0.479 bits per heavy atom. The van der Waals surface area contributed by atoms with Gasteiger partial charge in [0, 0.05) is 36.5 Å².